The monoisotopic (exact) mass is 535 g/mol. The van der Waals surface area contributed by atoms with E-state index in [1.54, 1.807) is 36.4 Å². The predicted molar refractivity (Wildman–Crippen MR) is 138 cm³/mol. The van der Waals surface area contributed by atoms with E-state index in [4.69, 9.17) is 28.3 Å². The van der Waals surface area contributed by atoms with E-state index in [-0.39, 0.29) is 29.0 Å². The van der Waals surface area contributed by atoms with Crippen molar-refractivity contribution in [3.05, 3.63) is 69.5 Å². The fourth-order valence-corrected chi connectivity index (χ4v) is 5.36. The molecule has 0 bridgehead atoms. The molecule has 5 atom stereocenters. The van der Waals surface area contributed by atoms with E-state index in [0.29, 0.717) is 17.0 Å². The van der Waals surface area contributed by atoms with E-state index in [2.05, 4.69) is 16.7 Å². The van der Waals surface area contributed by atoms with Gasteiger partial charge >= 0.3 is 0 Å². The van der Waals surface area contributed by atoms with E-state index in [1.165, 1.54) is 6.07 Å². The number of amides is 1. The molecule has 0 saturated carbocycles. The Bertz CT molecular complexity index is 1120. The maximum Gasteiger partial charge on any atom is 0.237 e. The summed E-state index contributed by atoms with van der Waals surface area (Å²) in [6, 6.07) is 12.5. The van der Waals surface area contributed by atoms with Crippen LogP contribution < -0.4 is 10.6 Å². The summed E-state index contributed by atoms with van der Waals surface area (Å²) in [4.78, 5) is 13.5. The Morgan fingerprint density at radius 3 is 2.50 bits per heavy atom. The van der Waals surface area contributed by atoms with Crippen molar-refractivity contribution in [1.82, 2.24) is 10.6 Å². The number of aliphatic hydroxyl groups excluding tert-OH is 2. The molecular weight excluding hydrogens is 504 g/mol. The quantitative estimate of drug-likeness (QED) is 0.403. The number of nitrogens with zero attached hydrogens (tertiary/aromatic N) is 1. The fourth-order valence-electron chi connectivity index (χ4n) is 5.05. The Morgan fingerprint density at radius 2 is 1.92 bits per heavy atom. The van der Waals surface area contributed by atoms with Crippen molar-refractivity contribution in [2.75, 3.05) is 13.2 Å². The number of aliphatic hydroxyl groups is 2. The van der Waals surface area contributed by atoms with Gasteiger partial charge in [-0.25, -0.2) is 4.39 Å². The molecule has 6 nitrogen and oxygen atoms in total. The highest BCUT2D eigenvalue weighted by atomic mass is 35.5. The van der Waals surface area contributed by atoms with E-state index in [1.807, 2.05) is 20.8 Å². The van der Waals surface area contributed by atoms with Crippen molar-refractivity contribution in [3.63, 3.8) is 0 Å². The van der Waals surface area contributed by atoms with Crippen LogP contribution in [0.5, 0.6) is 0 Å². The number of carbonyl (C=O) groups excluding carboxylic acids is 1. The minimum absolute atomic E-state index is 0.0973. The molecule has 0 unspecified atom stereocenters. The van der Waals surface area contributed by atoms with Gasteiger partial charge in [-0.15, -0.1) is 0 Å². The number of hydrogen-bond donors (Lipinski definition) is 4. The largest absolute Gasteiger partial charge is 0.394 e. The van der Waals surface area contributed by atoms with Gasteiger partial charge in [-0.2, -0.15) is 5.26 Å². The summed E-state index contributed by atoms with van der Waals surface area (Å²) in [5.74, 6) is -2.03. The summed E-state index contributed by atoms with van der Waals surface area (Å²) >= 11 is 12.3. The number of carbonyl (C=O) groups is 1. The van der Waals surface area contributed by atoms with E-state index >= 15 is 4.39 Å². The Balaban J connectivity index is 2.19. The van der Waals surface area contributed by atoms with Crippen molar-refractivity contribution in [3.8, 4) is 6.07 Å². The van der Waals surface area contributed by atoms with Gasteiger partial charge in [-0.1, -0.05) is 68.2 Å². The summed E-state index contributed by atoms with van der Waals surface area (Å²) < 4.78 is 15.5. The summed E-state index contributed by atoms with van der Waals surface area (Å²) in [5, 5.41) is 36.1. The molecule has 2 aromatic rings. The Morgan fingerprint density at radius 1 is 1.25 bits per heavy atom. The second kappa shape index (κ2) is 11.5. The first-order valence-electron chi connectivity index (χ1n) is 11.9. The van der Waals surface area contributed by atoms with Gasteiger partial charge in [-0.05, 0) is 47.6 Å². The van der Waals surface area contributed by atoms with Crippen molar-refractivity contribution < 1.29 is 19.4 Å². The maximum atomic E-state index is 15.5. The molecule has 1 heterocycles. The molecule has 1 amide bonds. The molecule has 1 saturated heterocycles. The van der Waals surface area contributed by atoms with Gasteiger partial charge in [-0.3, -0.25) is 4.79 Å². The van der Waals surface area contributed by atoms with Crippen LogP contribution in [-0.2, 0) is 10.2 Å². The molecule has 36 heavy (non-hydrogen) atoms. The highest BCUT2D eigenvalue weighted by Gasteiger charge is 2.60. The SMILES string of the molecule is CC(C)(C)C[C@@H]1N[C@@H](C(=O)NCC[C@H](O)CO)[C@H](c2cccc(Cl)c2F)[C@@]1(C#N)c1ccc(Cl)cc1. The molecule has 9 heteroatoms. The Labute approximate surface area is 221 Å². The van der Waals surface area contributed by atoms with Crippen LogP contribution in [-0.4, -0.2) is 47.5 Å². The van der Waals surface area contributed by atoms with Gasteiger partial charge < -0.3 is 20.8 Å². The van der Waals surface area contributed by atoms with Gasteiger partial charge in [0, 0.05) is 23.5 Å². The third kappa shape index (κ3) is 5.85. The van der Waals surface area contributed by atoms with Crippen LogP contribution in [0, 0.1) is 22.6 Å². The molecule has 1 aliphatic heterocycles. The molecular formula is C27H32Cl2FN3O3. The molecule has 0 aliphatic carbocycles. The van der Waals surface area contributed by atoms with E-state index < -0.39 is 47.9 Å². The molecule has 0 radical (unpaired) electrons. The Kier molecular flexibility index (Phi) is 9.02. The highest BCUT2D eigenvalue weighted by Crippen LogP contribution is 2.52. The number of benzene rings is 2. The molecule has 2 aromatic carbocycles. The first-order chi connectivity index (χ1) is 16.9. The second-order valence-electron chi connectivity index (χ2n) is 10.5. The number of nitriles is 1. The lowest BCUT2D eigenvalue weighted by molar-refractivity contribution is -0.123. The lowest BCUT2D eigenvalue weighted by Gasteiger charge is -2.37. The van der Waals surface area contributed by atoms with Crippen LogP contribution in [0.3, 0.4) is 0 Å². The van der Waals surface area contributed by atoms with Gasteiger partial charge in [0.05, 0.1) is 29.8 Å². The van der Waals surface area contributed by atoms with Crippen molar-refractivity contribution in [1.29, 1.82) is 5.26 Å². The average Bonchev–Trinajstić information content (AvgIpc) is 3.14. The molecule has 1 fully saturated rings. The third-order valence-corrected chi connectivity index (χ3v) is 7.21. The zero-order chi connectivity index (χ0) is 26.7. The Hall–Kier alpha value is -2.21. The summed E-state index contributed by atoms with van der Waals surface area (Å²) in [6.07, 6.45) is -0.296. The summed E-state index contributed by atoms with van der Waals surface area (Å²) in [5.41, 5.74) is -0.763. The van der Waals surface area contributed by atoms with Gasteiger partial charge in [0.15, 0.2) is 0 Å². The summed E-state index contributed by atoms with van der Waals surface area (Å²) in [7, 11) is 0. The second-order valence-corrected chi connectivity index (χ2v) is 11.3. The van der Waals surface area contributed by atoms with Crippen LogP contribution >= 0.6 is 23.2 Å². The average molecular weight is 536 g/mol. The molecule has 4 N–H and O–H groups in total. The van der Waals surface area contributed by atoms with Crippen molar-refractivity contribution in [2.45, 2.75) is 63.1 Å². The van der Waals surface area contributed by atoms with Crippen molar-refractivity contribution in [2.24, 2.45) is 5.41 Å². The predicted octanol–water partition coefficient (Wildman–Crippen LogP) is 4.31. The van der Waals surface area contributed by atoms with Crippen LogP contribution in [0.25, 0.3) is 0 Å². The summed E-state index contributed by atoms with van der Waals surface area (Å²) in [6.45, 7) is 5.80. The van der Waals surface area contributed by atoms with E-state index in [0.717, 1.165) is 0 Å². The smallest absolute Gasteiger partial charge is 0.237 e. The normalized spacial score (nSPS) is 24.8. The lowest BCUT2D eigenvalue weighted by atomic mass is 9.63. The maximum absolute atomic E-state index is 15.5. The topological polar surface area (TPSA) is 105 Å². The van der Waals surface area contributed by atoms with Gasteiger partial charge in [0.1, 0.15) is 11.2 Å². The third-order valence-electron chi connectivity index (χ3n) is 6.66. The first kappa shape index (κ1) is 28.4. The minimum atomic E-state index is -1.32. The first-order valence-corrected chi connectivity index (χ1v) is 12.6. The number of rotatable bonds is 8. The lowest BCUT2D eigenvalue weighted by Crippen LogP contribution is -2.46. The fraction of sp³-hybridized carbons (Fsp3) is 0.481. The molecule has 0 aromatic heterocycles. The molecule has 3 rings (SSSR count). The van der Waals surface area contributed by atoms with Crippen molar-refractivity contribution >= 4 is 29.1 Å². The van der Waals surface area contributed by atoms with Crippen LogP contribution in [0.1, 0.15) is 50.7 Å². The molecule has 194 valence electrons. The number of hydrogen-bond acceptors (Lipinski definition) is 5. The molecule has 1 aliphatic rings. The van der Waals surface area contributed by atoms with Crippen LogP contribution in [0.15, 0.2) is 42.5 Å². The van der Waals surface area contributed by atoms with Crippen LogP contribution in [0.2, 0.25) is 10.0 Å². The molecule has 0 spiro atoms. The number of halogens is 3. The number of nitrogens with one attached hydrogen (secondary N) is 2. The zero-order valence-corrected chi connectivity index (χ0v) is 22.1. The highest BCUT2D eigenvalue weighted by molar-refractivity contribution is 6.31. The van der Waals surface area contributed by atoms with Gasteiger partial charge in [0.2, 0.25) is 5.91 Å². The zero-order valence-electron chi connectivity index (χ0n) is 20.6. The van der Waals surface area contributed by atoms with Gasteiger partial charge in [0.25, 0.3) is 0 Å². The standard InChI is InChI=1S/C27H32Cl2FN3O3/c1-26(2,3)13-21-27(15-31,16-7-9-17(28)10-8-16)22(19-5-4-6-20(29)23(19)30)24(33-21)25(36)32-12-11-18(35)14-34/h4-10,18,21-22,24,33-35H,11-14H2,1-3H3,(H,32,36)/t18-,21-,22-,24+,27-/m0/s1. The minimum Gasteiger partial charge on any atom is -0.394 e. The van der Waals surface area contributed by atoms with E-state index in [9.17, 15) is 15.2 Å². The van der Waals surface area contributed by atoms with Crippen LogP contribution in [0.4, 0.5) is 4.39 Å².